The van der Waals surface area contributed by atoms with Gasteiger partial charge < -0.3 is 5.11 Å². The number of thiazole rings is 1. The van der Waals surface area contributed by atoms with Crippen molar-refractivity contribution in [2.24, 2.45) is 4.99 Å². The Hall–Kier alpha value is -3.25. The lowest BCUT2D eigenvalue weighted by molar-refractivity contribution is 0.475. The van der Waals surface area contributed by atoms with Crippen molar-refractivity contribution in [3.8, 4) is 22.7 Å². The minimum absolute atomic E-state index is 0.250. The van der Waals surface area contributed by atoms with Crippen LogP contribution in [0.4, 0.5) is 5.13 Å². The van der Waals surface area contributed by atoms with Crippen LogP contribution in [0.25, 0.3) is 16.9 Å². The Morgan fingerprint density at radius 2 is 1.86 bits per heavy atom. The van der Waals surface area contributed by atoms with Crippen LogP contribution in [-0.4, -0.2) is 26.1 Å². The van der Waals surface area contributed by atoms with Crippen LogP contribution in [0, 0.1) is 6.92 Å². The summed E-state index contributed by atoms with van der Waals surface area (Å²) in [7, 11) is 0. The zero-order valence-electron chi connectivity index (χ0n) is 15.3. The predicted octanol–water partition coefficient (Wildman–Crippen LogP) is 4.86. The van der Waals surface area contributed by atoms with E-state index < -0.39 is 0 Å². The van der Waals surface area contributed by atoms with E-state index in [1.165, 1.54) is 10.6 Å². The highest BCUT2D eigenvalue weighted by Crippen LogP contribution is 2.41. The van der Waals surface area contributed by atoms with Crippen LogP contribution in [-0.2, 0) is 12.8 Å². The molecule has 0 unspecified atom stereocenters. The van der Waals surface area contributed by atoms with E-state index in [2.05, 4.69) is 17.1 Å². The first-order valence-corrected chi connectivity index (χ1v) is 9.98. The zero-order chi connectivity index (χ0) is 19.1. The maximum atomic E-state index is 9.39. The van der Waals surface area contributed by atoms with Crippen molar-refractivity contribution in [1.29, 1.82) is 0 Å². The lowest BCUT2D eigenvalue weighted by Crippen LogP contribution is -2.07. The van der Waals surface area contributed by atoms with Gasteiger partial charge in [0, 0.05) is 16.7 Å². The average molecular weight is 386 g/mol. The first-order valence-electron chi connectivity index (χ1n) is 9.16. The van der Waals surface area contributed by atoms with Crippen LogP contribution in [0.3, 0.4) is 0 Å². The van der Waals surface area contributed by atoms with Crippen LogP contribution < -0.4 is 0 Å². The molecule has 0 saturated heterocycles. The third kappa shape index (κ3) is 2.92. The Labute approximate surface area is 166 Å². The molecule has 0 amide bonds. The summed E-state index contributed by atoms with van der Waals surface area (Å²) in [5.74, 6) is 0.250. The molecule has 5 rings (SSSR count). The quantitative estimate of drug-likeness (QED) is 0.512. The molecule has 5 nitrogen and oxygen atoms in total. The Kier molecular flexibility index (Phi) is 4.06. The summed E-state index contributed by atoms with van der Waals surface area (Å²) in [6.07, 6.45) is 3.68. The Bertz CT molecular complexity index is 1170. The van der Waals surface area contributed by atoms with Gasteiger partial charge in [-0.15, -0.1) is 0 Å². The van der Waals surface area contributed by atoms with Crippen molar-refractivity contribution in [3.63, 3.8) is 0 Å². The van der Waals surface area contributed by atoms with Gasteiger partial charge in [0.25, 0.3) is 0 Å². The van der Waals surface area contributed by atoms with Gasteiger partial charge in [0.2, 0.25) is 5.13 Å². The van der Waals surface area contributed by atoms with Gasteiger partial charge in [-0.3, -0.25) is 0 Å². The number of benzene rings is 2. The molecule has 0 fully saturated rings. The van der Waals surface area contributed by atoms with E-state index in [-0.39, 0.29) is 5.75 Å². The number of aliphatic imine (C=N–C) groups is 1. The van der Waals surface area contributed by atoms with Gasteiger partial charge in [0.1, 0.15) is 5.75 Å². The fourth-order valence-corrected chi connectivity index (χ4v) is 4.49. The van der Waals surface area contributed by atoms with E-state index in [0.717, 1.165) is 46.2 Å². The second-order valence-electron chi connectivity index (χ2n) is 6.77. The smallest absolute Gasteiger partial charge is 0.209 e. The molecule has 1 aliphatic carbocycles. The molecule has 0 atom stereocenters. The third-order valence-corrected chi connectivity index (χ3v) is 5.91. The number of phenolic OH excluding ortho intramolecular Hbond substituents is 1. The van der Waals surface area contributed by atoms with E-state index in [0.29, 0.717) is 0 Å². The fourth-order valence-electron chi connectivity index (χ4n) is 3.58. The number of nitrogens with zero attached hydrogens (tertiary/aromatic N) is 4. The molecular formula is C22H18N4OS. The summed E-state index contributed by atoms with van der Waals surface area (Å²) in [5, 5.41) is 14.9. The summed E-state index contributed by atoms with van der Waals surface area (Å²) < 4.78 is 2.05. The second-order valence-corrected chi connectivity index (χ2v) is 7.83. The molecule has 0 saturated carbocycles. The minimum atomic E-state index is 0.250. The SMILES string of the molecule is Cc1nn(-c2ccccc2)c2c1-c1nc(/N=C/c3ccc(O)cc3)sc1CC2. The molecule has 4 aromatic rings. The van der Waals surface area contributed by atoms with E-state index in [1.807, 2.05) is 41.9 Å². The number of rotatable bonds is 3. The molecule has 1 aliphatic rings. The van der Waals surface area contributed by atoms with E-state index in [4.69, 9.17) is 10.1 Å². The summed E-state index contributed by atoms with van der Waals surface area (Å²) in [6, 6.07) is 17.2. The number of phenols is 1. The normalized spacial score (nSPS) is 12.9. The van der Waals surface area contributed by atoms with Gasteiger partial charge in [-0.2, -0.15) is 5.10 Å². The Morgan fingerprint density at radius 1 is 1.07 bits per heavy atom. The van der Waals surface area contributed by atoms with Crippen LogP contribution in [0.15, 0.2) is 59.6 Å². The number of aryl methyl sites for hydroxylation is 2. The maximum Gasteiger partial charge on any atom is 0.209 e. The monoisotopic (exact) mass is 386 g/mol. The lowest BCUT2D eigenvalue weighted by atomic mass is 9.98. The first-order chi connectivity index (χ1) is 13.7. The molecular weight excluding hydrogens is 368 g/mol. The number of para-hydroxylation sites is 1. The van der Waals surface area contributed by atoms with Crippen molar-refractivity contribution >= 4 is 22.7 Å². The third-order valence-electron chi connectivity index (χ3n) is 4.89. The van der Waals surface area contributed by atoms with Crippen LogP contribution in [0.1, 0.15) is 21.8 Å². The second kappa shape index (κ2) is 6.73. The summed E-state index contributed by atoms with van der Waals surface area (Å²) in [4.78, 5) is 10.6. The molecule has 1 N–H and O–H groups in total. The zero-order valence-corrected chi connectivity index (χ0v) is 16.1. The van der Waals surface area contributed by atoms with Crippen molar-refractivity contribution in [1.82, 2.24) is 14.8 Å². The highest BCUT2D eigenvalue weighted by Gasteiger charge is 2.27. The standard InChI is InChI=1S/C22H18N4OS/c1-14-20-18(26(25-14)16-5-3-2-4-6-16)11-12-19-21(20)24-22(28-19)23-13-15-7-9-17(27)10-8-15/h2-10,13,27H,11-12H2,1H3/b23-13+. The van der Waals surface area contributed by atoms with Crippen molar-refractivity contribution in [2.45, 2.75) is 19.8 Å². The Balaban J connectivity index is 1.52. The molecule has 2 aromatic carbocycles. The van der Waals surface area contributed by atoms with Gasteiger partial charge in [-0.25, -0.2) is 14.7 Å². The molecule has 0 spiro atoms. The highest BCUT2D eigenvalue weighted by molar-refractivity contribution is 7.15. The predicted molar refractivity (Wildman–Crippen MR) is 112 cm³/mol. The van der Waals surface area contributed by atoms with Crippen molar-refractivity contribution in [2.75, 3.05) is 0 Å². The maximum absolute atomic E-state index is 9.39. The molecule has 0 radical (unpaired) electrons. The number of hydrogen-bond donors (Lipinski definition) is 1. The van der Waals surface area contributed by atoms with Crippen LogP contribution >= 0.6 is 11.3 Å². The molecule has 138 valence electrons. The fraction of sp³-hybridized carbons (Fsp3) is 0.136. The van der Waals surface area contributed by atoms with E-state index >= 15 is 0 Å². The molecule has 28 heavy (non-hydrogen) atoms. The van der Waals surface area contributed by atoms with Gasteiger partial charge in [-0.05, 0) is 61.7 Å². The van der Waals surface area contributed by atoms with E-state index in [1.54, 1.807) is 29.7 Å². The van der Waals surface area contributed by atoms with Gasteiger partial charge >= 0.3 is 0 Å². The van der Waals surface area contributed by atoms with Crippen LogP contribution in [0.5, 0.6) is 5.75 Å². The molecule has 2 heterocycles. The summed E-state index contributed by atoms with van der Waals surface area (Å²) in [6.45, 7) is 2.05. The van der Waals surface area contributed by atoms with Gasteiger partial charge in [0.05, 0.1) is 22.8 Å². The van der Waals surface area contributed by atoms with Gasteiger partial charge in [-0.1, -0.05) is 29.5 Å². The number of hydrogen-bond acceptors (Lipinski definition) is 5. The molecule has 2 aromatic heterocycles. The van der Waals surface area contributed by atoms with E-state index in [9.17, 15) is 5.11 Å². The minimum Gasteiger partial charge on any atom is -0.508 e. The lowest BCUT2D eigenvalue weighted by Gasteiger charge is -2.13. The number of aromatic hydroxyl groups is 1. The Morgan fingerprint density at radius 3 is 2.64 bits per heavy atom. The number of fused-ring (bicyclic) bond motifs is 3. The van der Waals surface area contributed by atoms with Crippen molar-refractivity contribution in [3.05, 3.63) is 76.4 Å². The largest absolute Gasteiger partial charge is 0.508 e. The topological polar surface area (TPSA) is 63.3 Å². The molecule has 0 aliphatic heterocycles. The molecule has 0 bridgehead atoms. The van der Waals surface area contributed by atoms with Crippen LogP contribution in [0.2, 0.25) is 0 Å². The van der Waals surface area contributed by atoms with Gasteiger partial charge in [0.15, 0.2) is 0 Å². The summed E-state index contributed by atoms with van der Waals surface area (Å²) >= 11 is 1.64. The number of aromatic nitrogens is 3. The highest BCUT2D eigenvalue weighted by atomic mass is 32.1. The average Bonchev–Trinajstić information content (AvgIpc) is 3.29. The van der Waals surface area contributed by atoms with Crippen molar-refractivity contribution < 1.29 is 5.11 Å². The summed E-state index contributed by atoms with van der Waals surface area (Å²) in [5.41, 5.74) is 6.39. The first kappa shape index (κ1) is 16.9. The molecule has 6 heteroatoms.